The molecular weight excluding hydrogens is 254 g/mol. The third-order valence-electron chi connectivity index (χ3n) is 3.77. The lowest BCUT2D eigenvalue weighted by Gasteiger charge is -2.30. The zero-order chi connectivity index (χ0) is 14.1. The number of aromatic nitrogens is 2. The molecule has 106 valence electrons. The summed E-state index contributed by atoms with van der Waals surface area (Å²) in [4.78, 5) is 4.20. The number of aryl methyl sites for hydroxylation is 1. The Morgan fingerprint density at radius 1 is 1.50 bits per heavy atom. The summed E-state index contributed by atoms with van der Waals surface area (Å²) in [6, 6.07) is 5.76. The van der Waals surface area contributed by atoms with Gasteiger partial charge in [-0.2, -0.15) is 0 Å². The van der Waals surface area contributed by atoms with E-state index in [2.05, 4.69) is 16.5 Å². The van der Waals surface area contributed by atoms with Crippen molar-refractivity contribution in [2.75, 3.05) is 7.11 Å². The number of ether oxygens (including phenoxy) is 2. The highest BCUT2D eigenvalue weighted by atomic mass is 16.5. The number of fused-ring (bicyclic) bond motifs is 1. The molecule has 0 saturated carbocycles. The molecule has 0 spiro atoms. The van der Waals surface area contributed by atoms with Crippen LogP contribution in [0.1, 0.15) is 36.7 Å². The molecule has 0 saturated heterocycles. The third kappa shape index (κ3) is 2.14. The summed E-state index contributed by atoms with van der Waals surface area (Å²) in [6.45, 7) is 2.96. The highest BCUT2D eigenvalue weighted by molar-refractivity contribution is 5.44. The fraction of sp³-hybridized carbons (Fsp3) is 0.400. The molecule has 1 unspecified atom stereocenters. The predicted octanol–water partition coefficient (Wildman–Crippen LogP) is 2.44. The summed E-state index contributed by atoms with van der Waals surface area (Å²) in [5.41, 5.74) is 8.37. The molecule has 2 atom stereocenters. The van der Waals surface area contributed by atoms with E-state index in [1.165, 1.54) is 0 Å². The van der Waals surface area contributed by atoms with Crippen molar-refractivity contribution >= 4 is 0 Å². The molecule has 0 fully saturated rings. The van der Waals surface area contributed by atoms with Gasteiger partial charge in [0.15, 0.2) is 0 Å². The number of nitrogens with two attached hydrogens (primary N) is 1. The van der Waals surface area contributed by atoms with Crippen molar-refractivity contribution in [3.05, 3.63) is 42.0 Å². The smallest absolute Gasteiger partial charge is 0.142 e. The fourth-order valence-corrected chi connectivity index (χ4v) is 2.65. The molecule has 5 heteroatoms. The van der Waals surface area contributed by atoms with Crippen LogP contribution in [0.15, 0.2) is 30.7 Å². The topological polar surface area (TPSA) is 62.3 Å². The predicted molar refractivity (Wildman–Crippen MR) is 75.8 cm³/mol. The van der Waals surface area contributed by atoms with Crippen molar-refractivity contribution in [3.63, 3.8) is 0 Å². The summed E-state index contributed by atoms with van der Waals surface area (Å²) in [7, 11) is 1.65. The van der Waals surface area contributed by atoms with Crippen LogP contribution in [0, 0.1) is 0 Å². The lowest BCUT2D eigenvalue weighted by atomic mass is 9.96. The maximum Gasteiger partial charge on any atom is 0.142 e. The van der Waals surface area contributed by atoms with Gasteiger partial charge in [0, 0.05) is 30.6 Å². The van der Waals surface area contributed by atoms with Crippen LogP contribution in [-0.4, -0.2) is 16.7 Å². The van der Waals surface area contributed by atoms with Gasteiger partial charge in [0.05, 0.1) is 25.3 Å². The molecule has 0 aliphatic carbocycles. The minimum atomic E-state index is -0.0629. The minimum Gasteiger partial charge on any atom is -0.497 e. The van der Waals surface area contributed by atoms with Crippen LogP contribution < -0.4 is 15.2 Å². The number of hydrogen-bond donors (Lipinski definition) is 1. The SMILES string of the molecule is CCn1cncc1C1C[C@@H](N)c2ccc(OC)cc2O1. The first-order valence-electron chi connectivity index (χ1n) is 6.83. The summed E-state index contributed by atoms with van der Waals surface area (Å²) in [6.07, 6.45) is 4.37. The van der Waals surface area contributed by atoms with Crippen LogP contribution in [0.2, 0.25) is 0 Å². The van der Waals surface area contributed by atoms with E-state index in [0.29, 0.717) is 0 Å². The maximum atomic E-state index is 6.28. The molecular formula is C15H19N3O2. The molecule has 20 heavy (non-hydrogen) atoms. The van der Waals surface area contributed by atoms with Gasteiger partial charge in [-0.3, -0.25) is 0 Å². The standard InChI is InChI=1S/C15H19N3O2/c1-3-18-9-17-8-13(18)15-7-12(16)11-5-4-10(19-2)6-14(11)20-15/h4-6,8-9,12,15H,3,7,16H2,1-2H3/t12-,15?/m1/s1. The van der Waals surface area contributed by atoms with E-state index in [0.717, 1.165) is 35.7 Å². The Hall–Kier alpha value is -2.01. The molecule has 1 aliphatic heterocycles. The molecule has 0 bridgehead atoms. The van der Waals surface area contributed by atoms with Crippen LogP contribution in [0.4, 0.5) is 0 Å². The van der Waals surface area contributed by atoms with Crippen LogP contribution in [0.5, 0.6) is 11.5 Å². The van der Waals surface area contributed by atoms with Crippen molar-refractivity contribution in [1.29, 1.82) is 0 Å². The van der Waals surface area contributed by atoms with Crippen molar-refractivity contribution in [2.45, 2.75) is 32.0 Å². The molecule has 1 aromatic carbocycles. The van der Waals surface area contributed by atoms with E-state index < -0.39 is 0 Å². The van der Waals surface area contributed by atoms with Gasteiger partial charge in [0.25, 0.3) is 0 Å². The summed E-state index contributed by atoms with van der Waals surface area (Å²) < 4.78 is 13.4. The summed E-state index contributed by atoms with van der Waals surface area (Å²) in [5, 5.41) is 0. The maximum absolute atomic E-state index is 6.28. The number of hydrogen-bond acceptors (Lipinski definition) is 4. The Morgan fingerprint density at radius 2 is 2.35 bits per heavy atom. The van der Waals surface area contributed by atoms with Gasteiger partial charge in [-0.05, 0) is 13.0 Å². The largest absolute Gasteiger partial charge is 0.497 e. The quantitative estimate of drug-likeness (QED) is 0.933. The first kappa shape index (κ1) is 13.0. The highest BCUT2D eigenvalue weighted by Crippen LogP contribution is 2.41. The fourth-order valence-electron chi connectivity index (χ4n) is 2.65. The van der Waals surface area contributed by atoms with Gasteiger partial charge >= 0.3 is 0 Å². The Balaban J connectivity index is 1.95. The van der Waals surface area contributed by atoms with Crippen LogP contribution in [0.3, 0.4) is 0 Å². The average Bonchev–Trinajstić information content (AvgIpc) is 2.95. The molecule has 2 aromatic rings. The first-order valence-corrected chi connectivity index (χ1v) is 6.83. The van der Waals surface area contributed by atoms with Gasteiger partial charge in [0.1, 0.15) is 17.6 Å². The normalized spacial score (nSPS) is 21.1. The van der Waals surface area contributed by atoms with E-state index in [1.54, 1.807) is 7.11 Å². The molecule has 2 heterocycles. The number of imidazole rings is 1. The molecule has 2 N–H and O–H groups in total. The highest BCUT2D eigenvalue weighted by Gasteiger charge is 2.29. The van der Waals surface area contributed by atoms with Gasteiger partial charge in [-0.15, -0.1) is 0 Å². The number of benzene rings is 1. The molecule has 3 rings (SSSR count). The molecule has 1 aromatic heterocycles. The Kier molecular flexibility index (Phi) is 3.36. The van der Waals surface area contributed by atoms with E-state index >= 15 is 0 Å². The second kappa shape index (κ2) is 5.17. The molecule has 5 nitrogen and oxygen atoms in total. The lowest BCUT2D eigenvalue weighted by Crippen LogP contribution is -2.25. The minimum absolute atomic E-state index is 0.0325. The zero-order valence-electron chi connectivity index (χ0n) is 11.7. The van der Waals surface area contributed by atoms with E-state index in [9.17, 15) is 0 Å². The summed E-state index contributed by atoms with van der Waals surface area (Å²) in [5.74, 6) is 1.58. The summed E-state index contributed by atoms with van der Waals surface area (Å²) >= 11 is 0. The van der Waals surface area contributed by atoms with E-state index in [4.69, 9.17) is 15.2 Å². The Morgan fingerprint density at radius 3 is 3.10 bits per heavy atom. The van der Waals surface area contributed by atoms with Crippen molar-refractivity contribution < 1.29 is 9.47 Å². The van der Waals surface area contributed by atoms with Crippen LogP contribution >= 0.6 is 0 Å². The monoisotopic (exact) mass is 273 g/mol. The lowest BCUT2D eigenvalue weighted by molar-refractivity contribution is 0.152. The first-order chi connectivity index (χ1) is 9.72. The second-order valence-electron chi connectivity index (χ2n) is 4.96. The zero-order valence-corrected chi connectivity index (χ0v) is 11.7. The second-order valence-corrected chi connectivity index (χ2v) is 4.96. The third-order valence-corrected chi connectivity index (χ3v) is 3.77. The number of nitrogens with zero attached hydrogens (tertiary/aromatic N) is 2. The van der Waals surface area contributed by atoms with Gasteiger partial charge in [-0.25, -0.2) is 4.98 Å². The molecule has 0 amide bonds. The van der Waals surface area contributed by atoms with Crippen molar-refractivity contribution in [3.8, 4) is 11.5 Å². The van der Waals surface area contributed by atoms with E-state index in [1.807, 2.05) is 30.7 Å². The number of rotatable bonds is 3. The Labute approximate surface area is 118 Å². The number of methoxy groups -OCH3 is 1. The van der Waals surface area contributed by atoms with Gasteiger partial charge < -0.3 is 19.8 Å². The van der Waals surface area contributed by atoms with Gasteiger partial charge in [-0.1, -0.05) is 6.07 Å². The van der Waals surface area contributed by atoms with Crippen LogP contribution in [-0.2, 0) is 6.54 Å². The Bertz CT molecular complexity index is 609. The molecule has 1 aliphatic rings. The molecule has 0 radical (unpaired) electrons. The van der Waals surface area contributed by atoms with Crippen molar-refractivity contribution in [1.82, 2.24) is 9.55 Å². The van der Waals surface area contributed by atoms with Crippen LogP contribution in [0.25, 0.3) is 0 Å². The van der Waals surface area contributed by atoms with Gasteiger partial charge in [0.2, 0.25) is 0 Å². The van der Waals surface area contributed by atoms with Crippen molar-refractivity contribution in [2.24, 2.45) is 5.73 Å². The van der Waals surface area contributed by atoms with E-state index in [-0.39, 0.29) is 12.1 Å². The average molecular weight is 273 g/mol.